The van der Waals surface area contributed by atoms with Crippen molar-refractivity contribution in [2.75, 3.05) is 19.6 Å². The second kappa shape index (κ2) is 5.07. The molecule has 5 heteroatoms. The molecule has 0 radical (unpaired) electrons. The summed E-state index contributed by atoms with van der Waals surface area (Å²) in [6.45, 7) is 3.20. The molecule has 0 saturated carbocycles. The number of nitrogens with zero attached hydrogens (tertiary/aromatic N) is 2. The van der Waals surface area contributed by atoms with E-state index in [1.165, 1.54) is 19.4 Å². The molecule has 0 amide bonds. The number of aromatic nitrogens is 3. The van der Waals surface area contributed by atoms with Gasteiger partial charge in [0, 0.05) is 25.6 Å². The molecule has 14 heavy (non-hydrogen) atoms. The van der Waals surface area contributed by atoms with Crippen LogP contribution >= 0.6 is 0 Å². The number of H-pyrrole nitrogens is 1. The lowest BCUT2D eigenvalue weighted by molar-refractivity contribution is 0.535. The Hall–Kier alpha value is -0.940. The van der Waals surface area contributed by atoms with E-state index < -0.39 is 0 Å². The van der Waals surface area contributed by atoms with Crippen molar-refractivity contribution in [2.24, 2.45) is 0 Å². The van der Waals surface area contributed by atoms with Crippen molar-refractivity contribution in [1.29, 1.82) is 0 Å². The van der Waals surface area contributed by atoms with Gasteiger partial charge in [-0.2, -0.15) is 5.10 Å². The molecule has 2 rings (SSSR count). The highest BCUT2D eigenvalue weighted by Crippen LogP contribution is 2.02. The molecular formula is C9H17N5. The predicted octanol–water partition coefficient (Wildman–Crippen LogP) is -0.311. The summed E-state index contributed by atoms with van der Waals surface area (Å²) in [5.41, 5.74) is 0. The maximum atomic E-state index is 4.06. The summed E-state index contributed by atoms with van der Waals surface area (Å²) in [5.74, 6) is 0.955. The van der Waals surface area contributed by atoms with Crippen LogP contribution in [0.3, 0.4) is 0 Å². The number of rotatable bonds is 5. The minimum atomic E-state index is 0.671. The van der Waals surface area contributed by atoms with Gasteiger partial charge >= 0.3 is 0 Å². The van der Waals surface area contributed by atoms with Crippen LogP contribution in [0.4, 0.5) is 0 Å². The summed E-state index contributed by atoms with van der Waals surface area (Å²) in [6.07, 6.45) is 5.09. The van der Waals surface area contributed by atoms with Gasteiger partial charge in [0.05, 0.1) is 0 Å². The van der Waals surface area contributed by atoms with E-state index in [1.54, 1.807) is 6.33 Å². The first-order chi connectivity index (χ1) is 6.95. The SMILES string of the molecule is c1n[nH]c(CCNCC2CCCN2)n1. The van der Waals surface area contributed by atoms with E-state index in [-0.39, 0.29) is 0 Å². The Kier molecular flexibility index (Phi) is 3.48. The van der Waals surface area contributed by atoms with Gasteiger partial charge in [-0.25, -0.2) is 4.98 Å². The van der Waals surface area contributed by atoms with Gasteiger partial charge < -0.3 is 10.6 Å². The fraction of sp³-hybridized carbons (Fsp3) is 0.778. The van der Waals surface area contributed by atoms with Crippen molar-refractivity contribution in [3.05, 3.63) is 12.2 Å². The lowest BCUT2D eigenvalue weighted by Gasteiger charge is -2.10. The van der Waals surface area contributed by atoms with Gasteiger partial charge in [-0.05, 0) is 19.4 Å². The summed E-state index contributed by atoms with van der Waals surface area (Å²) in [5, 5.41) is 13.5. The quantitative estimate of drug-likeness (QED) is 0.564. The average molecular weight is 195 g/mol. The first-order valence-electron chi connectivity index (χ1n) is 5.23. The Labute approximate surface area is 83.7 Å². The smallest absolute Gasteiger partial charge is 0.137 e. The van der Waals surface area contributed by atoms with Crippen molar-refractivity contribution >= 4 is 0 Å². The molecule has 1 unspecified atom stereocenters. The largest absolute Gasteiger partial charge is 0.315 e. The lowest BCUT2D eigenvalue weighted by atomic mass is 10.2. The fourth-order valence-electron chi connectivity index (χ4n) is 1.77. The predicted molar refractivity (Wildman–Crippen MR) is 54.0 cm³/mol. The third-order valence-electron chi connectivity index (χ3n) is 2.56. The molecule has 1 aliphatic rings. The van der Waals surface area contributed by atoms with Crippen molar-refractivity contribution in [3.63, 3.8) is 0 Å². The summed E-state index contributed by atoms with van der Waals surface area (Å²) in [7, 11) is 0. The number of hydrogen-bond acceptors (Lipinski definition) is 4. The van der Waals surface area contributed by atoms with E-state index in [0.29, 0.717) is 6.04 Å². The van der Waals surface area contributed by atoms with Crippen LogP contribution in [0.25, 0.3) is 0 Å². The van der Waals surface area contributed by atoms with E-state index in [2.05, 4.69) is 25.8 Å². The van der Waals surface area contributed by atoms with Crippen LogP contribution in [0.2, 0.25) is 0 Å². The van der Waals surface area contributed by atoms with Gasteiger partial charge in [-0.15, -0.1) is 0 Å². The number of nitrogens with one attached hydrogen (secondary N) is 3. The minimum absolute atomic E-state index is 0.671. The first-order valence-corrected chi connectivity index (χ1v) is 5.23. The van der Waals surface area contributed by atoms with Crippen molar-refractivity contribution in [2.45, 2.75) is 25.3 Å². The van der Waals surface area contributed by atoms with Crippen LogP contribution in [0.5, 0.6) is 0 Å². The van der Waals surface area contributed by atoms with Crippen LogP contribution in [0, 0.1) is 0 Å². The molecule has 1 aliphatic heterocycles. The molecule has 0 aromatic carbocycles. The van der Waals surface area contributed by atoms with E-state index >= 15 is 0 Å². The molecule has 1 saturated heterocycles. The highest BCUT2D eigenvalue weighted by Gasteiger charge is 2.12. The summed E-state index contributed by atoms with van der Waals surface area (Å²) in [4.78, 5) is 4.06. The third kappa shape index (κ3) is 2.78. The van der Waals surface area contributed by atoms with Crippen LogP contribution in [-0.4, -0.2) is 40.9 Å². The molecule has 1 aromatic heterocycles. The Morgan fingerprint density at radius 2 is 2.57 bits per heavy atom. The Morgan fingerprint density at radius 1 is 1.57 bits per heavy atom. The van der Waals surface area contributed by atoms with Gasteiger partial charge in [0.25, 0.3) is 0 Å². The van der Waals surface area contributed by atoms with E-state index in [1.807, 2.05) is 0 Å². The van der Waals surface area contributed by atoms with Gasteiger partial charge in [0.15, 0.2) is 0 Å². The number of hydrogen-bond donors (Lipinski definition) is 3. The zero-order valence-electron chi connectivity index (χ0n) is 8.29. The van der Waals surface area contributed by atoms with Crippen LogP contribution in [0.1, 0.15) is 18.7 Å². The van der Waals surface area contributed by atoms with E-state index in [9.17, 15) is 0 Å². The fourth-order valence-corrected chi connectivity index (χ4v) is 1.77. The summed E-state index contributed by atoms with van der Waals surface area (Å²) >= 11 is 0. The summed E-state index contributed by atoms with van der Waals surface area (Å²) in [6, 6.07) is 0.671. The third-order valence-corrected chi connectivity index (χ3v) is 2.56. The summed E-state index contributed by atoms with van der Waals surface area (Å²) < 4.78 is 0. The highest BCUT2D eigenvalue weighted by molar-refractivity contribution is 4.82. The Morgan fingerprint density at radius 3 is 3.29 bits per heavy atom. The molecule has 5 nitrogen and oxygen atoms in total. The normalized spacial score (nSPS) is 21.6. The lowest BCUT2D eigenvalue weighted by Crippen LogP contribution is -2.34. The second-order valence-corrected chi connectivity index (χ2v) is 3.68. The standard InChI is InChI=1S/C9H17N5/c1-2-8(11-4-1)6-10-5-3-9-12-7-13-14-9/h7-8,10-11H,1-6H2,(H,12,13,14). The van der Waals surface area contributed by atoms with Crippen molar-refractivity contribution < 1.29 is 0 Å². The first kappa shape index (κ1) is 9.61. The molecule has 1 aromatic rings. The Balaban J connectivity index is 1.55. The van der Waals surface area contributed by atoms with Gasteiger partial charge in [-0.1, -0.05) is 0 Å². The molecule has 0 aliphatic carbocycles. The monoisotopic (exact) mass is 195 g/mol. The van der Waals surface area contributed by atoms with Gasteiger partial charge in [0.2, 0.25) is 0 Å². The van der Waals surface area contributed by atoms with Crippen molar-refractivity contribution in [1.82, 2.24) is 25.8 Å². The van der Waals surface area contributed by atoms with Crippen molar-refractivity contribution in [3.8, 4) is 0 Å². The van der Waals surface area contributed by atoms with Crippen LogP contribution in [-0.2, 0) is 6.42 Å². The molecule has 1 atom stereocenters. The zero-order valence-corrected chi connectivity index (χ0v) is 8.29. The maximum Gasteiger partial charge on any atom is 0.137 e. The molecule has 1 fully saturated rings. The maximum absolute atomic E-state index is 4.06. The zero-order chi connectivity index (χ0) is 9.64. The molecule has 78 valence electrons. The van der Waals surface area contributed by atoms with E-state index in [4.69, 9.17) is 0 Å². The molecular weight excluding hydrogens is 178 g/mol. The van der Waals surface area contributed by atoms with Gasteiger partial charge in [0.1, 0.15) is 12.2 Å². The molecule has 0 spiro atoms. The minimum Gasteiger partial charge on any atom is -0.315 e. The Bertz CT molecular complexity index is 240. The molecule has 3 N–H and O–H groups in total. The highest BCUT2D eigenvalue weighted by atomic mass is 15.2. The molecule has 2 heterocycles. The van der Waals surface area contributed by atoms with Crippen LogP contribution < -0.4 is 10.6 Å². The van der Waals surface area contributed by atoms with Crippen LogP contribution in [0.15, 0.2) is 6.33 Å². The molecule has 0 bridgehead atoms. The average Bonchev–Trinajstić information content (AvgIpc) is 2.86. The second-order valence-electron chi connectivity index (χ2n) is 3.68. The van der Waals surface area contributed by atoms with Gasteiger partial charge in [-0.3, -0.25) is 5.10 Å². The van der Waals surface area contributed by atoms with E-state index in [0.717, 1.165) is 25.3 Å². The number of aromatic amines is 1. The topological polar surface area (TPSA) is 65.6 Å².